The molecule has 1 rings (SSSR count). The fourth-order valence-electron chi connectivity index (χ4n) is 0.746. The Morgan fingerprint density at radius 3 is 2.77 bits per heavy atom. The first-order valence-electron chi connectivity index (χ1n) is 3.85. The Labute approximate surface area is 76.2 Å². The standard InChI is InChI=1S/C9H11NO3/c1-9(2,8(11)12)13-7-4-3-5-10-6-7/h3-6H,1-2H3,(H,11,12). The lowest BCUT2D eigenvalue weighted by molar-refractivity contribution is -0.152. The molecular weight excluding hydrogens is 170 g/mol. The molecule has 13 heavy (non-hydrogen) atoms. The van der Waals surface area contributed by atoms with Gasteiger partial charge < -0.3 is 9.84 Å². The molecule has 4 nitrogen and oxygen atoms in total. The van der Waals surface area contributed by atoms with Crippen LogP contribution in [0.4, 0.5) is 0 Å². The minimum atomic E-state index is -1.22. The average molecular weight is 181 g/mol. The van der Waals surface area contributed by atoms with Crippen LogP contribution in [0.5, 0.6) is 5.75 Å². The molecule has 1 aromatic rings. The number of ether oxygens (including phenoxy) is 1. The topological polar surface area (TPSA) is 59.4 Å². The molecule has 0 spiro atoms. The van der Waals surface area contributed by atoms with Crippen LogP contribution >= 0.6 is 0 Å². The second kappa shape index (κ2) is 3.43. The number of carbonyl (C=O) groups is 1. The Bertz CT molecular complexity index is 295. The second-order valence-corrected chi connectivity index (χ2v) is 3.11. The first kappa shape index (κ1) is 9.51. The van der Waals surface area contributed by atoms with Gasteiger partial charge in [0.05, 0.1) is 6.20 Å². The highest BCUT2D eigenvalue weighted by molar-refractivity contribution is 5.76. The predicted molar refractivity (Wildman–Crippen MR) is 46.6 cm³/mol. The van der Waals surface area contributed by atoms with E-state index < -0.39 is 11.6 Å². The summed E-state index contributed by atoms with van der Waals surface area (Å²) in [5.41, 5.74) is -1.22. The molecular formula is C9H11NO3. The molecule has 0 fully saturated rings. The number of aliphatic carboxylic acids is 1. The molecule has 0 aromatic carbocycles. The summed E-state index contributed by atoms with van der Waals surface area (Å²) < 4.78 is 5.20. The van der Waals surface area contributed by atoms with Crippen molar-refractivity contribution in [2.45, 2.75) is 19.4 Å². The van der Waals surface area contributed by atoms with E-state index in [1.54, 1.807) is 18.3 Å². The zero-order chi connectivity index (χ0) is 9.90. The lowest BCUT2D eigenvalue weighted by Gasteiger charge is -2.20. The van der Waals surface area contributed by atoms with Crippen LogP contribution in [0.1, 0.15) is 13.8 Å². The van der Waals surface area contributed by atoms with Crippen LogP contribution in [0.15, 0.2) is 24.5 Å². The summed E-state index contributed by atoms with van der Waals surface area (Å²) in [6, 6.07) is 3.35. The lowest BCUT2D eigenvalue weighted by atomic mass is 10.1. The third kappa shape index (κ3) is 2.43. The van der Waals surface area contributed by atoms with Gasteiger partial charge in [0.15, 0.2) is 5.60 Å². The lowest BCUT2D eigenvalue weighted by Crippen LogP contribution is -2.37. The zero-order valence-corrected chi connectivity index (χ0v) is 7.52. The molecule has 0 amide bonds. The summed E-state index contributed by atoms with van der Waals surface area (Å²) in [5, 5.41) is 8.76. The number of hydrogen-bond acceptors (Lipinski definition) is 3. The van der Waals surface area contributed by atoms with Gasteiger partial charge in [-0.2, -0.15) is 0 Å². The highest BCUT2D eigenvalue weighted by Crippen LogP contribution is 2.16. The van der Waals surface area contributed by atoms with E-state index in [4.69, 9.17) is 9.84 Å². The van der Waals surface area contributed by atoms with Crippen LogP contribution in [-0.4, -0.2) is 21.7 Å². The number of aromatic nitrogens is 1. The van der Waals surface area contributed by atoms with E-state index in [1.807, 2.05) is 0 Å². The van der Waals surface area contributed by atoms with E-state index in [1.165, 1.54) is 20.0 Å². The average Bonchev–Trinajstić information content (AvgIpc) is 2.05. The van der Waals surface area contributed by atoms with Crippen molar-refractivity contribution >= 4 is 5.97 Å². The van der Waals surface area contributed by atoms with Gasteiger partial charge in [-0.3, -0.25) is 4.98 Å². The number of carboxylic acids is 1. The van der Waals surface area contributed by atoms with Gasteiger partial charge in [0.1, 0.15) is 5.75 Å². The van der Waals surface area contributed by atoms with Crippen LogP contribution in [0.25, 0.3) is 0 Å². The fraction of sp³-hybridized carbons (Fsp3) is 0.333. The maximum Gasteiger partial charge on any atom is 0.347 e. The van der Waals surface area contributed by atoms with Crippen LogP contribution < -0.4 is 4.74 Å². The summed E-state index contributed by atoms with van der Waals surface area (Å²) in [6.45, 7) is 2.98. The Morgan fingerprint density at radius 2 is 2.31 bits per heavy atom. The Hall–Kier alpha value is -1.58. The molecule has 0 radical (unpaired) electrons. The van der Waals surface area contributed by atoms with Crippen molar-refractivity contribution in [1.29, 1.82) is 0 Å². The van der Waals surface area contributed by atoms with Crippen LogP contribution in [-0.2, 0) is 4.79 Å². The smallest absolute Gasteiger partial charge is 0.347 e. The van der Waals surface area contributed by atoms with E-state index in [-0.39, 0.29) is 0 Å². The Morgan fingerprint density at radius 1 is 1.62 bits per heavy atom. The third-order valence-corrected chi connectivity index (χ3v) is 1.52. The maximum atomic E-state index is 10.7. The number of hydrogen-bond donors (Lipinski definition) is 1. The van der Waals surface area contributed by atoms with Crippen molar-refractivity contribution in [1.82, 2.24) is 4.98 Å². The van der Waals surface area contributed by atoms with Crippen molar-refractivity contribution in [2.75, 3.05) is 0 Å². The first-order chi connectivity index (χ1) is 6.02. The predicted octanol–water partition coefficient (Wildman–Crippen LogP) is 1.32. The van der Waals surface area contributed by atoms with Crippen LogP contribution in [0, 0.1) is 0 Å². The van der Waals surface area contributed by atoms with Crippen LogP contribution in [0.3, 0.4) is 0 Å². The van der Waals surface area contributed by atoms with E-state index in [0.29, 0.717) is 5.75 Å². The summed E-state index contributed by atoms with van der Waals surface area (Å²) >= 11 is 0. The summed E-state index contributed by atoms with van der Waals surface area (Å²) in [5.74, 6) is -0.550. The van der Waals surface area contributed by atoms with Gasteiger partial charge in [-0.15, -0.1) is 0 Å². The van der Waals surface area contributed by atoms with Crippen molar-refractivity contribution in [3.05, 3.63) is 24.5 Å². The van der Waals surface area contributed by atoms with Crippen LogP contribution in [0.2, 0.25) is 0 Å². The number of rotatable bonds is 3. The first-order valence-corrected chi connectivity index (χ1v) is 3.85. The fourth-order valence-corrected chi connectivity index (χ4v) is 0.746. The van der Waals surface area contributed by atoms with Crippen molar-refractivity contribution in [3.63, 3.8) is 0 Å². The molecule has 1 N–H and O–H groups in total. The van der Waals surface area contributed by atoms with Gasteiger partial charge in [0.2, 0.25) is 0 Å². The molecule has 0 saturated carbocycles. The van der Waals surface area contributed by atoms with Gasteiger partial charge in [-0.05, 0) is 26.0 Å². The molecule has 0 atom stereocenters. The molecule has 70 valence electrons. The summed E-state index contributed by atoms with van der Waals surface area (Å²) in [6.07, 6.45) is 3.07. The number of carboxylic acid groups (broad SMARTS) is 1. The molecule has 0 saturated heterocycles. The van der Waals surface area contributed by atoms with Gasteiger partial charge >= 0.3 is 5.97 Å². The number of nitrogens with zero attached hydrogens (tertiary/aromatic N) is 1. The van der Waals surface area contributed by atoms with Crippen molar-refractivity contribution < 1.29 is 14.6 Å². The third-order valence-electron chi connectivity index (χ3n) is 1.52. The van der Waals surface area contributed by atoms with Gasteiger partial charge in [-0.1, -0.05) is 0 Å². The molecule has 0 aliphatic carbocycles. The van der Waals surface area contributed by atoms with Gasteiger partial charge in [-0.25, -0.2) is 4.79 Å². The summed E-state index contributed by atoms with van der Waals surface area (Å²) in [7, 11) is 0. The molecule has 0 aliphatic heterocycles. The maximum absolute atomic E-state index is 10.7. The second-order valence-electron chi connectivity index (χ2n) is 3.11. The molecule has 0 aliphatic rings. The largest absolute Gasteiger partial charge is 0.478 e. The SMILES string of the molecule is CC(C)(Oc1cccnc1)C(=O)O. The number of pyridine rings is 1. The Kier molecular flexibility index (Phi) is 2.51. The minimum Gasteiger partial charge on any atom is -0.478 e. The molecule has 4 heteroatoms. The monoisotopic (exact) mass is 181 g/mol. The van der Waals surface area contributed by atoms with E-state index >= 15 is 0 Å². The highest BCUT2D eigenvalue weighted by Gasteiger charge is 2.29. The zero-order valence-electron chi connectivity index (χ0n) is 7.52. The van der Waals surface area contributed by atoms with Gasteiger partial charge in [0, 0.05) is 6.20 Å². The normalized spacial score (nSPS) is 10.9. The van der Waals surface area contributed by atoms with Gasteiger partial charge in [0.25, 0.3) is 0 Å². The molecule has 1 aromatic heterocycles. The van der Waals surface area contributed by atoms with E-state index in [0.717, 1.165) is 0 Å². The quantitative estimate of drug-likeness (QED) is 0.764. The van der Waals surface area contributed by atoms with Crippen molar-refractivity contribution in [3.8, 4) is 5.75 Å². The Balaban J connectivity index is 2.75. The highest BCUT2D eigenvalue weighted by atomic mass is 16.5. The molecule has 0 unspecified atom stereocenters. The molecule has 0 bridgehead atoms. The molecule has 1 heterocycles. The van der Waals surface area contributed by atoms with Crippen molar-refractivity contribution in [2.24, 2.45) is 0 Å². The minimum absolute atomic E-state index is 0.454. The van der Waals surface area contributed by atoms with E-state index in [2.05, 4.69) is 4.98 Å². The summed E-state index contributed by atoms with van der Waals surface area (Å²) in [4.78, 5) is 14.5. The van der Waals surface area contributed by atoms with E-state index in [9.17, 15) is 4.79 Å².